The SMILES string of the molecule is [2H]C([2H])(Oc1ccccc1)c1ccc(CCC(=O)O)c(C(=O)NCc2ccccc2)c1. The lowest BCUT2D eigenvalue weighted by Gasteiger charge is -2.13. The maximum absolute atomic E-state index is 12.9. The van der Waals surface area contributed by atoms with Gasteiger partial charge in [-0.05, 0) is 41.3 Å². The Hall–Kier alpha value is -3.60. The van der Waals surface area contributed by atoms with Gasteiger partial charge in [0, 0.05) is 18.5 Å². The van der Waals surface area contributed by atoms with E-state index in [1.165, 1.54) is 12.1 Å². The lowest BCUT2D eigenvalue weighted by molar-refractivity contribution is -0.136. The number of amides is 1. The molecule has 0 aliphatic carbocycles. The van der Waals surface area contributed by atoms with E-state index in [9.17, 15) is 9.59 Å². The number of aliphatic carboxylic acids is 1. The maximum atomic E-state index is 12.9. The van der Waals surface area contributed by atoms with Crippen molar-refractivity contribution in [2.75, 3.05) is 0 Å². The van der Waals surface area contributed by atoms with E-state index in [1.54, 1.807) is 36.4 Å². The van der Waals surface area contributed by atoms with Gasteiger partial charge >= 0.3 is 5.97 Å². The average molecular weight is 391 g/mol. The second kappa shape index (κ2) is 10.1. The second-order valence-corrected chi connectivity index (χ2v) is 6.45. The van der Waals surface area contributed by atoms with Crippen molar-refractivity contribution in [1.82, 2.24) is 5.32 Å². The highest BCUT2D eigenvalue weighted by Crippen LogP contribution is 2.17. The molecule has 0 spiro atoms. The molecular formula is C24H23NO4. The van der Waals surface area contributed by atoms with Gasteiger partial charge in [0.2, 0.25) is 0 Å². The van der Waals surface area contributed by atoms with Gasteiger partial charge in [-0.25, -0.2) is 0 Å². The van der Waals surface area contributed by atoms with Crippen LogP contribution in [-0.2, 0) is 24.3 Å². The summed E-state index contributed by atoms with van der Waals surface area (Å²) in [7, 11) is 0. The molecule has 5 heteroatoms. The quantitative estimate of drug-likeness (QED) is 0.573. The summed E-state index contributed by atoms with van der Waals surface area (Å²) >= 11 is 0. The van der Waals surface area contributed by atoms with Gasteiger partial charge < -0.3 is 15.2 Å². The van der Waals surface area contributed by atoms with Gasteiger partial charge in [-0.2, -0.15) is 0 Å². The first-order valence-electron chi connectivity index (χ1n) is 10.3. The largest absolute Gasteiger partial charge is 0.489 e. The summed E-state index contributed by atoms with van der Waals surface area (Å²) in [4.78, 5) is 23.9. The molecule has 0 saturated carbocycles. The van der Waals surface area contributed by atoms with Gasteiger partial charge in [-0.3, -0.25) is 9.59 Å². The van der Waals surface area contributed by atoms with E-state index >= 15 is 0 Å². The van der Waals surface area contributed by atoms with Crippen LogP contribution in [0.4, 0.5) is 0 Å². The lowest BCUT2D eigenvalue weighted by Crippen LogP contribution is -2.24. The van der Waals surface area contributed by atoms with Gasteiger partial charge in [-0.15, -0.1) is 0 Å². The Morgan fingerprint density at radius 3 is 2.31 bits per heavy atom. The number of benzene rings is 3. The highest BCUT2D eigenvalue weighted by atomic mass is 16.5. The van der Waals surface area contributed by atoms with Crippen molar-refractivity contribution in [3.05, 3.63) is 101 Å². The molecule has 3 aromatic rings. The molecule has 0 aliphatic rings. The van der Waals surface area contributed by atoms with E-state index in [4.69, 9.17) is 12.6 Å². The number of hydrogen-bond donors (Lipinski definition) is 2. The van der Waals surface area contributed by atoms with Crippen LogP contribution in [0.15, 0.2) is 78.9 Å². The standard InChI is InChI=1S/C24H23NO4/c26-23(27)14-13-20-12-11-19(17-29-21-9-5-2-6-10-21)15-22(20)24(28)25-16-18-7-3-1-4-8-18/h1-12,15H,13-14,16-17H2,(H,25,28)(H,26,27)/i17D2. The van der Waals surface area contributed by atoms with E-state index in [-0.39, 0.29) is 24.0 Å². The van der Waals surface area contributed by atoms with Crippen molar-refractivity contribution in [2.45, 2.75) is 25.9 Å². The molecule has 0 fully saturated rings. The van der Waals surface area contributed by atoms with Crippen molar-refractivity contribution >= 4 is 11.9 Å². The van der Waals surface area contributed by atoms with E-state index in [0.717, 1.165) is 5.56 Å². The summed E-state index contributed by atoms with van der Waals surface area (Å²) in [5, 5.41) is 11.8. The first-order chi connectivity index (χ1) is 14.8. The van der Waals surface area contributed by atoms with Gasteiger partial charge in [0.25, 0.3) is 5.91 Å². The molecule has 148 valence electrons. The number of carbonyl (C=O) groups is 2. The van der Waals surface area contributed by atoms with E-state index in [0.29, 0.717) is 17.9 Å². The fraction of sp³-hybridized carbons (Fsp3) is 0.167. The number of carboxylic acid groups (broad SMARTS) is 1. The highest BCUT2D eigenvalue weighted by molar-refractivity contribution is 5.96. The van der Waals surface area contributed by atoms with Crippen LogP contribution in [0.25, 0.3) is 0 Å². The van der Waals surface area contributed by atoms with E-state index in [2.05, 4.69) is 5.32 Å². The fourth-order valence-electron chi connectivity index (χ4n) is 2.79. The number of aryl methyl sites for hydroxylation is 1. The first kappa shape index (κ1) is 17.5. The van der Waals surface area contributed by atoms with Crippen molar-refractivity contribution in [1.29, 1.82) is 0 Å². The summed E-state index contributed by atoms with van der Waals surface area (Å²) in [5.41, 5.74) is 1.85. The van der Waals surface area contributed by atoms with Crippen LogP contribution in [0.5, 0.6) is 5.75 Å². The number of carboxylic acids is 1. The molecule has 3 rings (SSSR count). The van der Waals surface area contributed by atoms with Crippen molar-refractivity contribution < 1.29 is 22.2 Å². The van der Waals surface area contributed by atoms with Gasteiger partial charge in [0.05, 0.1) is 2.74 Å². The number of para-hydroxylation sites is 1. The zero-order valence-corrected chi connectivity index (χ0v) is 15.8. The minimum Gasteiger partial charge on any atom is -0.489 e. The molecule has 1 amide bonds. The Kier molecular flexibility index (Phi) is 6.08. The third kappa shape index (κ3) is 6.21. The third-order valence-electron chi connectivity index (χ3n) is 4.29. The number of carbonyl (C=O) groups excluding carboxylic acids is 1. The van der Waals surface area contributed by atoms with Crippen LogP contribution in [0.2, 0.25) is 0 Å². The van der Waals surface area contributed by atoms with Gasteiger partial charge in [-0.1, -0.05) is 60.7 Å². The summed E-state index contributed by atoms with van der Waals surface area (Å²) in [6, 6.07) is 22.5. The highest BCUT2D eigenvalue weighted by Gasteiger charge is 2.14. The van der Waals surface area contributed by atoms with Gasteiger partial charge in [0.15, 0.2) is 0 Å². The molecule has 29 heavy (non-hydrogen) atoms. The monoisotopic (exact) mass is 391 g/mol. The van der Waals surface area contributed by atoms with Crippen LogP contribution in [0, 0.1) is 0 Å². The number of hydrogen-bond acceptors (Lipinski definition) is 3. The molecular weight excluding hydrogens is 366 g/mol. The second-order valence-electron chi connectivity index (χ2n) is 6.45. The summed E-state index contributed by atoms with van der Waals surface area (Å²) in [6.07, 6.45) is 0.0258. The normalized spacial score (nSPS) is 11.9. The molecule has 3 aromatic carbocycles. The number of ether oxygens (including phenoxy) is 1. The van der Waals surface area contributed by atoms with Crippen LogP contribution >= 0.6 is 0 Å². The third-order valence-corrected chi connectivity index (χ3v) is 4.29. The Morgan fingerprint density at radius 2 is 1.62 bits per heavy atom. The van der Waals surface area contributed by atoms with Crippen LogP contribution in [-0.4, -0.2) is 17.0 Å². The Labute approximate surface area is 172 Å². The predicted molar refractivity (Wildman–Crippen MR) is 111 cm³/mol. The summed E-state index contributed by atoms with van der Waals surface area (Å²) in [5.74, 6) is -1.01. The van der Waals surface area contributed by atoms with Crippen LogP contribution in [0.1, 0.15) is 36.2 Å². The molecule has 0 bridgehead atoms. The molecule has 0 saturated heterocycles. The zero-order valence-electron chi connectivity index (χ0n) is 17.8. The van der Waals surface area contributed by atoms with Gasteiger partial charge in [0.1, 0.15) is 12.3 Å². The Morgan fingerprint density at radius 1 is 0.931 bits per heavy atom. The summed E-state index contributed by atoms with van der Waals surface area (Å²) in [6.45, 7) is -1.88. The van der Waals surface area contributed by atoms with Crippen LogP contribution < -0.4 is 10.1 Å². The molecule has 0 atom stereocenters. The molecule has 2 N–H and O–H groups in total. The van der Waals surface area contributed by atoms with Crippen molar-refractivity contribution in [3.63, 3.8) is 0 Å². The average Bonchev–Trinajstić information content (AvgIpc) is 2.77. The lowest BCUT2D eigenvalue weighted by atomic mass is 9.99. The molecule has 0 heterocycles. The first-order valence-corrected chi connectivity index (χ1v) is 9.26. The minimum absolute atomic E-state index is 0.133. The Bertz CT molecular complexity index is 1040. The molecule has 0 unspecified atom stereocenters. The van der Waals surface area contributed by atoms with E-state index < -0.39 is 18.4 Å². The fourth-order valence-corrected chi connectivity index (χ4v) is 2.79. The van der Waals surface area contributed by atoms with E-state index in [1.807, 2.05) is 30.3 Å². The molecule has 0 aliphatic heterocycles. The Balaban J connectivity index is 1.86. The molecule has 5 nitrogen and oxygen atoms in total. The molecule has 0 radical (unpaired) electrons. The molecule has 0 aromatic heterocycles. The number of rotatable bonds is 9. The van der Waals surface area contributed by atoms with Crippen molar-refractivity contribution in [3.8, 4) is 5.75 Å². The van der Waals surface area contributed by atoms with Crippen molar-refractivity contribution in [2.24, 2.45) is 0 Å². The topological polar surface area (TPSA) is 75.6 Å². The smallest absolute Gasteiger partial charge is 0.303 e. The zero-order chi connectivity index (χ0) is 22.3. The minimum atomic E-state index is -2.18. The number of nitrogens with one attached hydrogen (secondary N) is 1. The maximum Gasteiger partial charge on any atom is 0.303 e. The van der Waals surface area contributed by atoms with Crippen LogP contribution in [0.3, 0.4) is 0 Å². The predicted octanol–water partition coefficient (Wildman–Crippen LogP) is 4.21. The summed E-state index contributed by atoms with van der Waals surface area (Å²) < 4.78 is 22.2.